The summed E-state index contributed by atoms with van der Waals surface area (Å²) in [5.74, 6) is 2.20. The van der Waals surface area contributed by atoms with Crippen molar-refractivity contribution in [3.05, 3.63) is 42.4 Å². The Morgan fingerprint density at radius 2 is 2.28 bits per heavy atom. The first kappa shape index (κ1) is 15.5. The number of amides is 1. The normalized spacial score (nSPS) is 13.8. The molecule has 0 unspecified atom stereocenters. The van der Waals surface area contributed by atoms with Crippen molar-refractivity contribution in [2.75, 3.05) is 6.54 Å². The zero-order chi connectivity index (χ0) is 17.2. The van der Waals surface area contributed by atoms with Gasteiger partial charge in [-0.1, -0.05) is 12.1 Å². The van der Waals surface area contributed by atoms with E-state index < -0.39 is 0 Å². The average molecular weight is 338 g/mol. The summed E-state index contributed by atoms with van der Waals surface area (Å²) in [5, 5.41) is 6.81. The fraction of sp³-hybridized carbons (Fsp3) is 0.353. The largest absolute Gasteiger partial charge is 0.350 e. The van der Waals surface area contributed by atoms with Gasteiger partial charge in [0.1, 0.15) is 17.8 Å². The van der Waals surface area contributed by atoms with Gasteiger partial charge in [0.2, 0.25) is 0 Å². The molecule has 0 atom stereocenters. The van der Waals surface area contributed by atoms with Crippen LogP contribution in [0, 0.1) is 5.92 Å². The fourth-order valence-electron chi connectivity index (χ4n) is 2.42. The van der Waals surface area contributed by atoms with E-state index in [9.17, 15) is 4.79 Å². The molecule has 8 nitrogen and oxygen atoms in total. The van der Waals surface area contributed by atoms with Crippen LogP contribution in [0.4, 0.5) is 0 Å². The summed E-state index contributed by atoms with van der Waals surface area (Å²) < 4.78 is 6.96. The van der Waals surface area contributed by atoms with E-state index in [1.54, 1.807) is 29.4 Å². The van der Waals surface area contributed by atoms with Crippen molar-refractivity contribution in [3.63, 3.8) is 0 Å². The maximum atomic E-state index is 12.1. The van der Waals surface area contributed by atoms with Crippen LogP contribution in [-0.2, 0) is 6.42 Å². The third-order valence-electron chi connectivity index (χ3n) is 4.10. The Bertz CT molecular complexity index is 896. The summed E-state index contributed by atoms with van der Waals surface area (Å²) in [6.07, 6.45) is 8.00. The van der Waals surface area contributed by atoms with Gasteiger partial charge in [-0.15, -0.1) is 0 Å². The summed E-state index contributed by atoms with van der Waals surface area (Å²) in [4.78, 5) is 24.9. The lowest BCUT2D eigenvalue weighted by Crippen LogP contribution is -2.25. The second kappa shape index (κ2) is 6.46. The standard InChI is InChI=1S/C17H18N6O2/c1-2-14-21-17(25-22-14)12-5-6-18-15(7-12)23-9-13(20-10-23)16(24)19-8-11-3-4-11/h5-7,9-11H,2-4,8H2,1H3,(H,19,24). The minimum absolute atomic E-state index is 0.161. The minimum Gasteiger partial charge on any atom is -0.350 e. The molecule has 0 spiro atoms. The molecule has 0 aliphatic heterocycles. The van der Waals surface area contributed by atoms with Gasteiger partial charge in [-0.2, -0.15) is 4.98 Å². The number of imidazole rings is 1. The van der Waals surface area contributed by atoms with E-state index in [1.807, 2.05) is 13.0 Å². The van der Waals surface area contributed by atoms with Crippen molar-refractivity contribution in [1.82, 2.24) is 30.0 Å². The second-order valence-electron chi connectivity index (χ2n) is 6.09. The number of aryl methyl sites for hydroxylation is 1. The zero-order valence-electron chi connectivity index (χ0n) is 13.8. The summed E-state index contributed by atoms with van der Waals surface area (Å²) in [5.41, 5.74) is 1.14. The Kier molecular flexibility index (Phi) is 4.01. The van der Waals surface area contributed by atoms with E-state index in [2.05, 4.69) is 25.4 Å². The van der Waals surface area contributed by atoms with Gasteiger partial charge in [0.15, 0.2) is 5.82 Å². The number of pyridine rings is 1. The Balaban J connectivity index is 1.53. The van der Waals surface area contributed by atoms with Gasteiger partial charge in [-0.25, -0.2) is 9.97 Å². The predicted octanol–water partition coefficient (Wildman–Crippen LogP) is 2.02. The van der Waals surface area contributed by atoms with Crippen LogP contribution in [0.2, 0.25) is 0 Å². The third kappa shape index (κ3) is 3.42. The number of hydrogen-bond acceptors (Lipinski definition) is 6. The molecule has 1 N–H and O–H groups in total. The molecule has 4 rings (SSSR count). The molecule has 1 aliphatic carbocycles. The van der Waals surface area contributed by atoms with Gasteiger partial charge in [0.05, 0.1) is 0 Å². The van der Waals surface area contributed by atoms with E-state index >= 15 is 0 Å². The molecule has 1 fully saturated rings. The van der Waals surface area contributed by atoms with Gasteiger partial charge in [0, 0.05) is 30.9 Å². The molecule has 3 aromatic heterocycles. The minimum atomic E-state index is -0.161. The molecular weight excluding hydrogens is 320 g/mol. The Morgan fingerprint density at radius 3 is 3.04 bits per heavy atom. The number of carbonyl (C=O) groups excluding carboxylic acids is 1. The summed E-state index contributed by atoms with van der Waals surface area (Å²) >= 11 is 0. The quantitative estimate of drug-likeness (QED) is 0.738. The first-order valence-corrected chi connectivity index (χ1v) is 8.34. The second-order valence-corrected chi connectivity index (χ2v) is 6.09. The van der Waals surface area contributed by atoms with Crippen molar-refractivity contribution >= 4 is 5.91 Å². The van der Waals surface area contributed by atoms with Crippen LogP contribution < -0.4 is 5.32 Å². The van der Waals surface area contributed by atoms with Crippen LogP contribution in [0.25, 0.3) is 17.3 Å². The number of nitrogens with one attached hydrogen (secondary N) is 1. The molecule has 3 aromatic rings. The summed E-state index contributed by atoms with van der Waals surface area (Å²) in [6.45, 7) is 2.68. The number of hydrogen-bond donors (Lipinski definition) is 1. The smallest absolute Gasteiger partial charge is 0.271 e. The van der Waals surface area contributed by atoms with Crippen LogP contribution in [-0.4, -0.2) is 37.1 Å². The monoisotopic (exact) mass is 338 g/mol. The zero-order valence-corrected chi connectivity index (χ0v) is 13.8. The molecule has 1 amide bonds. The third-order valence-corrected chi connectivity index (χ3v) is 4.10. The highest BCUT2D eigenvalue weighted by molar-refractivity contribution is 5.92. The van der Waals surface area contributed by atoms with Gasteiger partial charge in [-0.05, 0) is 30.9 Å². The maximum absolute atomic E-state index is 12.1. The molecule has 0 saturated heterocycles. The fourth-order valence-corrected chi connectivity index (χ4v) is 2.42. The van der Waals surface area contributed by atoms with E-state index in [0.29, 0.717) is 35.6 Å². The van der Waals surface area contributed by atoms with E-state index in [1.165, 1.54) is 12.8 Å². The molecule has 0 radical (unpaired) electrons. The summed E-state index contributed by atoms with van der Waals surface area (Å²) in [7, 11) is 0. The molecule has 128 valence electrons. The highest BCUT2D eigenvalue weighted by Crippen LogP contribution is 2.27. The Hall–Kier alpha value is -3.03. The molecule has 0 bridgehead atoms. The summed E-state index contributed by atoms with van der Waals surface area (Å²) in [6, 6.07) is 3.62. The number of aromatic nitrogens is 5. The lowest BCUT2D eigenvalue weighted by Gasteiger charge is -2.02. The van der Waals surface area contributed by atoms with Crippen molar-refractivity contribution in [2.45, 2.75) is 26.2 Å². The van der Waals surface area contributed by atoms with E-state index in [4.69, 9.17) is 4.52 Å². The highest BCUT2D eigenvalue weighted by Gasteiger charge is 2.22. The molecule has 3 heterocycles. The van der Waals surface area contributed by atoms with Crippen LogP contribution in [0.15, 0.2) is 35.4 Å². The Labute approximate surface area is 144 Å². The predicted molar refractivity (Wildman–Crippen MR) is 89.1 cm³/mol. The topological polar surface area (TPSA) is 98.7 Å². The molecule has 0 aromatic carbocycles. The molecule has 1 saturated carbocycles. The van der Waals surface area contributed by atoms with Crippen molar-refractivity contribution in [1.29, 1.82) is 0 Å². The van der Waals surface area contributed by atoms with E-state index in [-0.39, 0.29) is 5.91 Å². The number of carbonyl (C=O) groups is 1. The van der Waals surface area contributed by atoms with E-state index in [0.717, 1.165) is 12.1 Å². The average Bonchev–Trinajstić information content (AvgIpc) is 3.14. The molecular formula is C17H18N6O2. The van der Waals surface area contributed by atoms with Gasteiger partial charge in [0.25, 0.3) is 11.8 Å². The van der Waals surface area contributed by atoms with Crippen molar-refractivity contribution in [3.8, 4) is 17.3 Å². The highest BCUT2D eigenvalue weighted by atomic mass is 16.5. The maximum Gasteiger partial charge on any atom is 0.271 e. The SMILES string of the molecule is CCc1noc(-c2ccnc(-n3cnc(C(=O)NCC4CC4)c3)c2)n1. The number of rotatable bonds is 6. The first-order chi connectivity index (χ1) is 12.2. The van der Waals surface area contributed by atoms with Crippen LogP contribution in [0.3, 0.4) is 0 Å². The lowest BCUT2D eigenvalue weighted by atomic mass is 10.2. The van der Waals surface area contributed by atoms with Gasteiger partial charge < -0.3 is 9.84 Å². The lowest BCUT2D eigenvalue weighted by molar-refractivity contribution is 0.0947. The molecule has 25 heavy (non-hydrogen) atoms. The molecule has 8 heteroatoms. The molecule has 1 aliphatic rings. The Morgan fingerprint density at radius 1 is 1.40 bits per heavy atom. The van der Waals surface area contributed by atoms with Crippen LogP contribution in [0.1, 0.15) is 36.1 Å². The van der Waals surface area contributed by atoms with Gasteiger partial charge in [-0.3, -0.25) is 9.36 Å². The van der Waals surface area contributed by atoms with Crippen molar-refractivity contribution in [2.24, 2.45) is 5.92 Å². The van der Waals surface area contributed by atoms with Crippen LogP contribution in [0.5, 0.6) is 0 Å². The van der Waals surface area contributed by atoms with Crippen LogP contribution >= 0.6 is 0 Å². The first-order valence-electron chi connectivity index (χ1n) is 8.34. The van der Waals surface area contributed by atoms with Gasteiger partial charge >= 0.3 is 0 Å². The van der Waals surface area contributed by atoms with Crippen molar-refractivity contribution < 1.29 is 9.32 Å². The number of nitrogens with zero attached hydrogens (tertiary/aromatic N) is 5.